The highest BCUT2D eigenvalue weighted by Gasteiger charge is 2.33. The van der Waals surface area contributed by atoms with Crippen LogP contribution in [0.4, 0.5) is 0 Å². The zero-order chi connectivity index (χ0) is 14.9. The van der Waals surface area contributed by atoms with Gasteiger partial charge in [-0.25, -0.2) is 0 Å². The lowest BCUT2D eigenvalue weighted by Gasteiger charge is -2.38. The fourth-order valence-electron chi connectivity index (χ4n) is 2.45. The van der Waals surface area contributed by atoms with E-state index in [0.29, 0.717) is 34.5 Å². The zero-order valence-corrected chi connectivity index (χ0v) is 13.9. The molecule has 2 rings (SSSR count). The molecule has 1 aliphatic rings. The number of aliphatic hydroxyl groups is 1. The number of benzene rings is 1. The summed E-state index contributed by atoms with van der Waals surface area (Å²) in [7, 11) is -0.805. The molecule has 0 spiro atoms. The highest BCUT2D eigenvalue weighted by atomic mass is 35.5. The molecule has 3 nitrogen and oxygen atoms in total. The van der Waals surface area contributed by atoms with Gasteiger partial charge in [0.1, 0.15) is 0 Å². The second-order valence-electron chi connectivity index (χ2n) is 5.73. The van der Waals surface area contributed by atoms with Crippen molar-refractivity contribution in [1.29, 1.82) is 0 Å². The lowest BCUT2D eigenvalue weighted by Crippen LogP contribution is -2.50. The second kappa shape index (κ2) is 6.32. The largest absolute Gasteiger partial charge is 0.387 e. The monoisotopic (exact) mass is 335 g/mol. The molecule has 6 heteroatoms. The average molecular weight is 336 g/mol. The minimum atomic E-state index is -0.805. The van der Waals surface area contributed by atoms with Crippen LogP contribution in [0.3, 0.4) is 0 Å². The number of halogens is 2. The van der Waals surface area contributed by atoms with Crippen molar-refractivity contribution in [2.24, 2.45) is 0 Å². The molecule has 1 saturated heterocycles. The summed E-state index contributed by atoms with van der Waals surface area (Å²) in [5.41, 5.74) is 0.681. The maximum Gasteiger partial charge on any atom is 0.0931 e. The average Bonchev–Trinajstić information content (AvgIpc) is 2.33. The van der Waals surface area contributed by atoms with E-state index in [1.807, 2.05) is 13.8 Å². The van der Waals surface area contributed by atoms with Gasteiger partial charge in [0, 0.05) is 51.8 Å². The third-order valence-electron chi connectivity index (χ3n) is 3.57. The van der Waals surface area contributed by atoms with Crippen LogP contribution in [0.1, 0.15) is 25.5 Å². The van der Waals surface area contributed by atoms with Gasteiger partial charge in [0.05, 0.1) is 10.9 Å². The van der Waals surface area contributed by atoms with E-state index in [0.717, 1.165) is 6.54 Å². The van der Waals surface area contributed by atoms with E-state index in [1.165, 1.54) is 0 Å². The Hall–Kier alpha value is -0.130. The molecular formula is C14H19Cl2NO2S. The number of aliphatic hydroxyl groups excluding tert-OH is 1. The van der Waals surface area contributed by atoms with Crippen molar-refractivity contribution in [1.82, 2.24) is 4.90 Å². The summed E-state index contributed by atoms with van der Waals surface area (Å²) in [5, 5.41) is 11.4. The summed E-state index contributed by atoms with van der Waals surface area (Å²) < 4.78 is 11.7. The van der Waals surface area contributed by atoms with Crippen molar-refractivity contribution in [2.45, 2.75) is 24.7 Å². The maximum atomic E-state index is 11.9. The Morgan fingerprint density at radius 2 is 2.15 bits per heavy atom. The van der Waals surface area contributed by atoms with Gasteiger partial charge in [0.15, 0.2) is 0 Å². The van der Waals surface area contributed by atoms with Crippen molar-refractivity contribution in [3.8, 4) is 0 Å². The zero-order valence-electron chi connectivity index (χ0n) is 11.6. The van der Waals surface area contributed by atoms with Crippen LogP contribution in [0, 0.1) is 0 Å². The molecule has 1 aliphatic heterocycles. The lowest BCUT2D eigenvalue weighted by atomic mass is 10.1. The predicted molar refractivity (Wildman–Crippen MR) is 85.0 cm³/mol. The van der Waals surface area contributed by atoms with Gasteiger partial charge in [0.25, 0.3) is 0 Å². The van der Waals surface area contributed by atoms with Gasteiger partial charge in [-0.05, 0) is 26.0 Å². The second-order valence-corrected chi connectivity index (χ2v) is 8.77. The van der Waals surface area contributed by atoms with Crippen LogP contribution in [0.15, 0.2) is 18.2 Å². The summed E-state index contributed by atoms with van der Waals surface area (Å²) in [4.78, 5) is 2.14. The molecule has 0 amide bonds. The first-order valence-electron chi connectivity index (χ1n) is 6.53. The van der Waals surface area contributed by atoms with Crippen LogP contribution >= 0.6 is 23.2 Å². The van der Waals surface area contributed by atoms with Crippen molar-refractivity contribution in [3.63, 3.8) is 0 Å². The molecule has 1 heterocycles. The molecule has 1 N–H and O–H groups in total. The summed E-state index contributed by atoms with van der Waals surface area (Å²) in [6.45, 7) is 5.93. The number of β-amino-alcohol motifs (C(OH)–C–C–N with tert-alkyl or cyclic N) is 1. The number of hydrogen-bond acceptors (Lipinski definition) is 3. The molecule has 1 aromatic rings. The Bertz CT molecular complexity index is 522. The highest BCUT2D eigenvalue weighted by molar-refractivity contribution is 7.86. The van der Waals surface area contributed by atoms with E-state index in [1.54, 1.807) is 18.2 Å². The summed E-state index contributed by atoms with van der Waals surface area (Å²) >= 11 is 12.0. The van der Waals surface area contributed by atoms with Crippen molar-refractivity contribution in [2.75, 3.05) is 25.4 Å². The Morgan fingerprint density at radius 1 is 1.45 bits per heavy atom. The minimum absolute atomic E-state index is 0.234. The molecule has 1 fully saturated rings. The van der Waals surface area contributed by atoms with Gasteiger partial charge in [-0.1, -0.05) is 29.3 Å². The molecule has 0 radical (unpaired) electrons. The molecule has 1 aromatic carbocycles. The molecule has 2 atom stereocenters. The van der Waals surface area contributed by atoms with Gasteiger partial charge in [0.2, 0.25) is 0 Å². The number of hydrogen-bond donors (Lipinski definition) is 1. The van der Waals surface area contributed by atoms with Gasteiger partial charge in [-0.3, -0.25) is 9.11 Å². The van der Waals surface area contributed by atoms with Crippen molar-refractivity contribution < 1.29 is 9.32 Å². The first-order valence-corrected chi connectivity index (χ1v) is 8.61. The Kier molecular flexibility index (Phi) is 5.14. The maximum absolute atomic E-state index is 11.9. The number of rotatable bonds is 3. The van der Waals surface area contributed by atoms with E-state index in [9.17, 15) is 9.32 Å². The molecule has 0 bridgehead atoms. The van der Waals surface area contributed by atoms with Crippen molar-refractivity contribution in [3.05, 3.63) is 33.8 Å². The normalized spacial score (nSPS) is 24.6. The van der Waals surface area contributed by atoms with Crippen LogP contribution < -0.4 is 0 Å². The Balaban J connectivity index is 2.05. The Morgan fingerprint density at radius 3 is 2.75 bits per heavy atom. The van der Waals surface area contributed by atoms with E-state index in [2.05, 4.69) is 4.90 Å². The van der Waals surface area contributed by atoms with Gasteiger partial charge < -0.3 is 5.11 Å². The molecule has 112 valence electrons. The molecule has 2 unspecified atom stereocenters. The van der Waals surface area contributed by atoms with Crippen LogP contribution in [-0.2, 0) is 10.8 Å². The molecule has 0 saturated carbocycles. The van der Waals surface area contributed by atoms with E-state index >= 15 is 0 Å². The quantitative estimate of drug-likeness (QED) is 0.923. The van der Waals surface area contributed by atoms with Gasteiger partial charge in [-0.2, -0.15) is 0 Å². The molecular weight excluding hydrogens is 317 g/mol. The first kappa shape index (κ1) is 16.2. The van der Waals surface area contributed by atoms with Crippen molar-refractivity contribution >= 4 is 34.0 Å². The van der Waals surface area contributed by atoms with Gasteiger partial charge in [-0.15, -0.1) is 0 Å². The van der Waals surface area contributed by atoms with Crippen LogP contribution in [0.2, 0.25) is 10.0 Å². The third kappa shape index (κ3) is 3.74. The molecule has 0 aliphatic carbocycles. The SMILES string of the molecule is CC1(C)CN(CC(O)c2ccc(Cl)cc2Cl)CCS1=O. The van der Waals surface area contributed by atoms with Crippen LogP contribution in [0.25, 0.3) is 0 Å². The number of nitrogens with zero attached hydrogens (tertiary/aromatic N) is 1. The lowest BCUT2D eigenvalue weighted by molar-refractivity contribution is 0.109. The smallest absolute Gasteiger partial charge is 0.0931 e. The molecule has 20 heavy (non-hydrogen) atoms. The first-order chi connectivity index (χ1) is 9.29. The topological polar surface area (TPSA) is 40.5 Å². The van der Waals surface area contributed by atoms with E-state index in [-0.39, 0.29) is 4.75 Å². The minimum Gasteiger partial charge on any atom is -0.387 e. The van der Waals surface area contributed by atoms with Crippen LogP contribution in [-0.4, -0.2) is 44.3 Å². The summed E-state index contributed by atoms with van der Waals surface area (Å²) in [5.74, 6) is 0.647. The standard InChI is InChI=1S/C14H19Cl2NO2S/c1-14(2)9-17(5-6-20(14)19)8-13(18)11-4-3-10(15)7-12(11)16/h3-4,7,13,18H,5-6,8-9H2,1-2H3. The van der Waals surface area contributed by atoms with Crippen LogP contribution in [0.5, 0.6) is 0 Å². The highest BCUT2D eigenvalue weighted by Crippen LogP contribution is 2.28. The predicted octanol–water partition coefficient (Wildman–Crippen LogP) is 2.87. The van der Waals surface area contributed by atoms with E-state index in [4.69, 9.17) is 23.2 Å². The van der Waals surface area contributed by atoms with Gasteiger partial charge >= 0.3 is 0 Å². The summed E-state index contributed by atoms with van der Waals surface area (Å²) in [6, 6.07) is 5.11. The van der Waals surface area contributed by atoms with E-state index < -0.39 is 16.9 Å². The Labute approximate surface area is 132 Å². The fraction of sp³-hybridized carbons (Fsp3) is 0.571. The molecule has 0 aromatic heterocycles. The third-order valence-corrected chi connectivity index (χ3v) is 6.04. The fourth-order valence-corrected chi connectivity index (χ4v) is 4.29. The summed E-state index contributed by atoms with van der Waals surface area (Å²) in [6.07, 6.45) is -0.665.